The number of nitriles is 1. The SMILES string of the molecule is CCc1cc(Nc2ncnc(-c3ccc(O[C@H]4CCN(C(=O)[C@H](C)O)C[C@H]4F)c(C#N)c3)n2)cnc1N1CCN(C2COC2)CC1. The van der Waals surface area contributed by atoms with Gasteiger partial charge in [-0.2, -0.15) is 10.2 Å². The largest absolute Gasteiger partial charge is 0.486 e. The van der Waals surface area contributed by atoms with Crippen LogP contribution in [0, 0.1) is 11.3 Å². The van der Waals surface area contributed by atoms with Crippen LogP contribution >= 0.6 is 0 Å². The molecule has 3 aromatic rings. The maximum atomic E-state index is 14.9. The van der Waals surface area contributed by atoms with Gasteiger partial charge in [0, 0.05) is 44.7 Å². The Balaban J connectivity index is 1.11. The van der Waals surface area contributed by atoms with E-state index in [1.807, 2.05) is 0 Å². The lowest BCUT2D eigenvalue weighted by molar-refractivity contribution is -0.143. The first-order valence-corrected chi connectivity index (χ1v) is 15.7. The number of aryl methyl sites for hydroxylation is 1. The molecule has 2 N–H and O–H groups in total. The summed E-state index contributed by atoms with van der Waals surface area (Å²) in [6, 6.07) is 9.63. The number of rotatable bonds is 9. The minimum absolute atomic E-state index is 0.180. The summed E-state index contributed by atoms with van der Waals surface area (Å²) in [5, 5.41) is 22.6. The molecule has 0 aliphatic carbocycles. The van der Waals surface area contributed by atoms with E-state index < -0.39 is 24.3 Å². The molecule has 13 nitrogen and oxygen atoms in total. The van der Waals surface area contributed by atoms with Crippen LogP contribution in [0.15, 0.2) is 36.8 Å². The van der Waals surface area contributed by atoms with Crippen LogP contribution in [0.25, 0.3) is 11.4 Å². The number of halogens is 1. The molecule has 2 aromatic heterocycles. The number of alkyl halides is 1. The number of ether oxygens (including phenoxy) is 2. The van der Waals surface area contributed by atoms with Crippen LogP contribution in [0.1, 0.15) is 31.4 Å². The molecular weight excluding hydrogens is 593 g/mol. The van der Waals surface area contributed by atoms with Crippen LogP contribution in [-0.2, 0) is 16.0 Å². The number of pyridine rings is 1. The monoisotopic (exact) mass is 631 g/mol. The minimum Gasteiger partial charge on any atom is -0.486 e. The third-order valence-electron chi connectivity index (χ3n) is 8.69. The summed E-state index contributed by atoms with van der Waals surface area (Å²) in [5.41, 5.74) is 2.66. The van der Waals surface area contributed by atoms with E-state index in [1.54, 1.807) is 24.4 Å². The molecule has 0 bridgehead atoms. The Kier molecular flexibility index (Phi) is 9.53. The number of aromatic nitrogens is 4. The van der Waals surface area contributed by atoms with Crippen molar-refractivity contribution in [3.63, 3.8) is 0 Å². The molecule has 3 atom stereocenters. The first-order chi connectivity index (χ1) is 22.3. The number of nitrogens with one attached hydrogen (secondary N) is 1. The Bertz CT molecular complexity index is 1590. The van der Waals surface area contributed by atoms with E-state index >= 15 is 0 Å². The smallest absolute Gasteiger partial charge is 0.251 e. The van der Waals surface area contributed by atoms with E-state index in [4.69, 9.17) is 14.5 Å². The molecule has 0 spiro atoms. The van der Waals surface area contributed by atoms with Gasteiger partial charge in [0.05, 0.1) is 43.2 Å². The predicted molar refractivity (Wildman–Crippen MR) is 167 cm³/mol. The van der Waals surface area contributed by atoms with E-state index in [2.05, 4.69) is 49.1 Å². The van der Waals surface area contributed by atoms with E-state index in [-0.39, 0.29) is 30.8 Å². The van der Waals surface area contributed by atoms with Crippen LogP contribution < -0.4 is 15.0 Å². The lowest BCUT2D eigenvalue weighted by Crippen LogP contribution is -2.56. The van der Waals surface area contributed by atoms with Gasteiger partial charge in [-0.3, -0.25) is 9.69 Å². The fourth-order valence-electron chi connectivity index (χ4n) is 5.98. The summed E-state index contributed by atoms with van der Waals surface area (Å²) >= 11 is 0. The third-order valence-corrected chi connectivity index (χ3v) is 8.69. The number of hydrogen-bond donors (Lipinski definition) is 2. The number of nitrogens with zero attached hydrogens (tertiary/aromatic N) is 8. The average Bonchev–Trinajstić information content (AvgIpc) is 3.05. The second-order valence-electron chi connectivity index (χ2n) is 11.8. The minimum atomic E-state index is -1.46. The lowest BCUT2D eigenvalue weighted by Gasteiger charge is -2.43. The number of hydrogen-bond acceptors (Lipinski definition) is 12. The number of aliphatic hydroxyl groups excluding tert-OH is 1. The number of anilines is 3. The fourth-order valence-corrected chi connectivity index (χ4v) is 5.98. The van der Waals surface area contributed by atoms with Crippen LogP contribution in [-0.4, -0.2) is 118 Å². The van der Waals surface area contributed by atoms with Crippen LogP contribution in [0.3, 0.4) is 0 Å². The maximum Gasteiger partial charge on any atom is 0.251 e. The molecule has 0 radical (unpaired) electrons. The average molecular weight is 632 g/mol. The molecule has 1 aromatic carbocycles. The lowest BCUT2D eigenvalue weighted by atomic mass is 10.0. The first-order valence-electron chi connectivity index (χ1n) is 15.7. The van der Waals surface area contributed by atoms with Crippen molar-refractivity contribution < 1.29 is 23.8 Å². The molecule has 5 heterocycles. The van der Waals surface area contributed by atoms with Crippen molar-refractivity contribution in [2.75, 3.05) is 62.7 Å². The molecular formula is C32H38FN9O4. The summed E-state index contributed by atoms with van der Waals surface area (Å²) < 4.78 is 26.1. The zero-order chi connectivity index (χ0) is 32.2. The van der Waals surface area contributed by atoms with Crippen LogP contribution in [0.5, 0.6) is 5.75 Å². The maximum absolute atomic E-state index is 14.9. The Morgan fingerprint density at radius 2 is 2.00 bits per heavy atom. The number of carbonyl (C=O) groups excluding carboxylic acids is 1. The number of piperidine rings is 1. The van der Waals surface area contributed by atoms with Gasteiger partial charge >= 0.3 is 0 Å². The standard InChI is InChI=1S/C32H38FN9O4/c1-3-21-13-24(15-35-30(21)41-10-8-40(9-11-41)25-17-45-18-25)38-32-37-19-36-29(39-32)22-4-5-27(23(12-22)14-34)46-28-6-7-42(16-26(28)33)31(44)20(2)43/h4-5,12-13,15,19-20,25-26,28,43H,3,6-11,16-18H2,1-2H3,(H,36,37,38,39)/t20-,26+,28-/m0/s1. The molecule has 6 rings (SSSR count). The van der Waals surface area contributed by atoms with Gasteiger partial charge in [0.15, 0.2) is 12.0 Å². The van der Waals surface area contributed by atoms with Gasteiger partial charge in [0.25, 0.3) is 5.91 Å². The number of amides is 1. The van der Waals surface area contributed by atoms with Gasteiger partial charge in [-0.1, -0.05) is 6.92 Å². The fraction of sp³-hybridized carbons (Fsp3) is 0.500. The Morgan fingerprint density at radius 1 is 1.20 bits per heavy atom. The Hall–Kier alpha value is -4.45. The number of carbonyl (C=O) groups is 1. The van der Waals surface area contributed by atoms with E-state index in [1.165, 1.54) is 18.2 Å². The zero-order valence-electron chi connectivity index (χ0n) is 26.0. The molecule has 3 aliphatic rings. The molecule has 1 amide bonds. The molecule has 3 saturated heterocycles. The summed E-state index contributed by atoms with van der Waals surface area (Å²) in [6.07, 6.45) is 0.753. The van der Waals surface area contributed by atoms with Crippen molar-refractivity contribution in [3.05, 3.63) is 47.9 Å². The molecule has 46 heavy (non-hydrogen) atoms. The highest BCUT2D eigenvalue weighted by Crippen LogP contribution is 2.29. The number of piperazine rings is 1. The summed E-state index contributed by atoms with van der Waals surface area (Å²) in [4.78, 5) is 36.1. The van der Waals surface area contributed by atoms with E-state index in [0.29, 0.717) is 23.4 Å². The van der Waals surface area contributed by atoms with E-state index in [9.17, 15) is 19.6 Å². The van der Waals surface area contributed by atoms with Crippen molar-refractivity contribution in [2.45, 2.75) is 51.1 Å². The van der Waals surface area contributed by atoms with Gasteiger partial charge in [0.2, 0.25) is 5.95 Å². The van der Waals surface area contributed by atoms with Crippen molar-refractivity contribution in [3.8, 4) is 23.2 Å². The quantitative estimate of drug-likeness (QED) is 0.356. The predicted octanol–water partition coefficient (Wildman–Crippen LogP) is 2.33. The highest BCUT2D eigenvalue weighted by Gasteiger charge is 2.34. The number of benzene rings is 1. The number of aliphatic hydroxyl groups is 1. The Labute approximate surface area is 267 Å². The van der Waals surface area contributed by atoms with Gasteiger partial charge in [-0.05, 0) is 43.2 Å². The van der Waals surface area contributed by atoms with Crippen molar-refractivity contribution >= 4 is 23.4 Å². The Morgan fingerprint density at radius 3 is 2.67 bits per heavy atom. The van der Waals surface area contributed by atoms with Gasteiger partial charge < -0.3 is 29.7 Å². The summed E-state index contributed by atoms with van der Waals surface area (Å²) in [7, 11) is 0. The van der Waals surface area contributed by atoms with E-state index in [0.717, 1.165) is 62.9 Å². The molecule has 3 fully saturated rings. The van der Waals surface area contributed by atoms with Crippen LogP contribution in [0.4, 0.5) is 21.8 Å². The second-order valence-corrected chi connectivity index (χ2v) is 11.8. The molecule has 0 saturated carbocycles. The first kappa shape index (κ1) is 31.5. The van der Waals surface area contributed by atoms with Crippen LogP contribution in [0.2, 0.25) is 0 Å². The molecule has 0 unspecified atom stereocenters. The zero-order valence-corrected chi connectivity index (χ0v) is 26.0. The highest BCUT2D eigenvalue weighted by atomic mass is 19.1. The third kappa shape index (κ3) is 6.86. The topological polar surface area (TPSA) is 153 Å². The van der Waals surface area contributed by atoms with Gasteiger partial charge in [-0.25, -0.2) is 19.3 Å². The highest BCUT2D eigenvalue weighted by molar-refractivity contribution is 5.80. The van der Waals surface area contributed by atoms with Crippen molar-refractivity contribution in [1.29, 1.82) is 5.26 Å². The molecule has 242 valence electrons. The van der Waals surface area contributed by atoms with Gasteiger partial charge in [-0.15, -0.1) is 0 Å². The number of likely N-dealkylation sites (tertiary alicyclic amines) is 1. The summed E-state index contributed by atoms with van der Waals surface area (Å²) in [6.45, 7) is 9.04. The van der Waals surface area contributed by atoms with Gasteiger partial charge in [0.1, 0.15) is 36.2 Å². The summed E-state index contributed by atoms with van der Waals surface area (Å²) in [5.74, 6) is 1.40. The van der Waals surface area contributed by atoms with Crippen molar-refractivity contribution in [2.24, 2.45) is 0 Å². The normalized spacial score (nSPS) is 21.3. The molecule has 3 aliphatic heterocycles. The molecule has 14 heteroatoms. The second kappa shape index (κ2) is 13.9. The van der Waals surface area contributed by atoms with Crippen molar-refractivity contribution in [1.82, 2.24) is 29.7 Å².